The van der Waals surface area contributed by atoms with E-state index in [-0.39, 0.29) is 16.9 Å². The zero-order valence-electron chi connectivity index (χ0n) is 13.8. The summed E-state index contributed by atoms with van der Waals surface area (Å²) in [5.74, 6) is -0.391. The van der Waals surface area contributed by atoms with E-state index in [0.717, 1.165) is 16.8 Å². The van der Waals surface area contributed by atoms with E-state index in [1.807, 2.05) is 26.0 Å². The van der Waals surface area contributed by atoms with Gasteiger partial charge in [-0.1, -0.05) is 6.07 Å². The molecule has 0 radical (unpaired) electrons. The van der Waals surface area contributed by atoms with Gasteiger partial charge in [0.25, 0.3) is 5.91 Å². The Hall–Kier alpha value is -2.73. The van der Waals surface area contributed by atoms with Gasteiger partial charge in [0.1, 0.15) is 0 Å². The van der Waals surface area contributed by atoms with Gasteiger partial charge < -0.3 is 16.0 Å². The van der Waals surface area contributed by atoms with Crippen molar-refractivity contribution in [1.29, 1.82) is 0 Å². The van der Waals surface area contributed by atoms with Crippen molar-refractivity contribution < 1.29 is 9.59 Å². The lowest BCUT2D eigenvalue weighted by atomic mass is 10.1. The molecule has 2 aromatic carbocycles. The number of hydrogen-bond donors (Lipinski definition) is 3. The summed E-state index contributed by atoms with van der Waals surface area (Å²) in [6, 6.07) is 12.7. The van der Waals surface area contributed by atoms with Crippen molar-refractivity contribution in [3.63, 3.8) is 0 Å². The summed E-state index contributed by atoms with van der Waals surface area (Å²) in [4.78, 5) is 23.2. The summed E-state index contributed by atoms with van der Waals surface area (Å²) in [5, 5.41) is 8.45. The maximum Gasteiger partial charge on any atom is 0.255 e. The number of amides is 2. The molecule has 0 atom stereocenters. The molecule has 0 aromatic heterocycles. The molecule has 124 valence electrons. The van der Waals surface area contributed by atoms with E-state index >= 15 is 0 Å². The summed E-state index contributed by atoms with van der Waals surface area (Å²) < 4.78 is 0. The fourth-order valence-corrected chi connectivity index (χ4v) is 2.31. The zero-order valence-corrected chi connectivity index (χ0v) is 14.6. The Morgan fingerprint density at radius 2 is 1.46 bits per heavy atom. The van der Waals surface area contributed by atoms with Crippen LogP contribution in [0.2, 0.25) is 0 Å². The molecule has 2 aromatic rings. The highest BCUT2D eigenvalue weighted by atomic mass is 32.1. The molecule has 0 fully saturated rings. The van der Waals surface area contributed by atoms with Gasteiger partial charge in [-0.05, 0) is 73.6 Å². The normalized spacial score (nSPS) is 9.96. The minimum atomic E-state index is -0.232. The first kappa shape index (κ1) is 17.6. The first-order valence-electron chi connectivity index (χ1n) is 7.42. The Labute approximate surface area is 146 Å². The first-order chi connectivity index (χ1) is 11.3. The largest absolute Gasteiger partial charge is 0.332 e. The fourth-order valence-electron chi connectivity index (χ4n) is 2.05. The lowest BCUT2D eigenvalue weighted by Gasteiger charge is -2.10. The molecule has 0 aliphatic rings. The average Bonchev–Trinajstić information content (AvgIpc) is 2.51. The molecule has 0 saturated heterocycles. The predicted octanol–water partition coefficient (Wildman–Crippen LogP) is 3.39. The van der Waals surface area contributed by atoms with Crippen LogP contribution in [0, 0.1) is 13.8 Å². The van der Waals surface area contributed by atoms with Crippen LogP contribution in [0.15, 0.2) is 42.5 Å². The van der Waals surface area contributed by atoms with E-state index in [4.69, 9.17) is 12.2 Å². The topological polar surface area (TPSA) is 70.2 Å². The van der Waals surface area contributed by atoms with Crippen LogP contribution in [0.3, 0.4) is 0 Å². The Morgan fingerprint density at radius 1 is 0.875 bits per heavy atom. The van der Waals surface area contributed by atoms with Gasteiger partial charge in [-0.25, -0.2) is 0 Å². The van der Waals surface area contributed by atoms with Gasteiger partial charge >= 0.3 is 0 Å². The van der Waals surface area contributed by atoms with E-state index in [2.05, 4.69) is 16.0 Å². The molecule has 24 heavy (non-hydrogen) atoms. The second-order valence-electron chi connectivity index (χ2n) is 5.47. The number of aryl methyl sites for hydroxylation is 2. The van der Waals surface area contributed by atoms with Gasteiger partial charge in [0.15, 0.2) is 5.11 Å². The molecular weight excluding hydrogens is 322 g/mol. The summed E-state index contributed by atoms with van der Waals surface area (Å²) in [6.45, 7) is 5.37. The maximum atomic E-state index is 12.3. The summed E-state index contributed by atoms with van der Waals surface area (Å²) >= 11 is 4.99. The van der Waals surface area contributed by atoms with Crippen molar-refractivity contribution in [3.8, 4) is 0 Å². The monoisotopic (exact) mass is 341 g/mol. The molecule has 3 N–H and O–H groups in total. The maximum absolute atomic E-state index is 12.3. The number of benzene rings is 2. The minimum absolute atomic E-state index is 0.160. The number of anilines is 2. The molecule has 0 heterocycles. The predicted molar refractivity (Wildman–Crippen MR) is 100 cm³/mol. The Balaban J connectivity index is 2.00. The quantitative estimate of drug-likeness (QED) is 0.749. The molecule has 0 spiro atoms. The van der Waals surface area contributed by atoms with Crippen LogP contribution in [0.5, 0.6) is 0 Å². The van der Waals surface area contributed by atoms with E-state index in [1.54, 1.807) is 30.3 Å². The Bertz CT molecular complexity index is 785. The van der Waals surface area contributed by atoms with E-state index in [0.29, 0.717) is 11.3 Å². The third-order valence-corrected chi connectivity index (χ3v) is 3.66. The molecule has 2 amide bonds. The number of thiocarbonyl (C=S) groups is 1. The third kappa shape index (κ3) is 4.89. The Morgan fingerprint density at radius 3 is 2.00 bits per heavy atom. The van der Waals surface area contributed by atoms with Gasteiger partial charge in [-0.3, -0.25) is 9.59 Å². The first-order valence-corrected chi connectivity index (χ1v) is 7.83. The molecule has 5 nitrogen and oxygen atoms in total. The standard InChI is InChI=1S/C18H19N3O2S/c1-11-4-5-14(10-12(11)2)17(23)20-15-6-8-16(9-7-15)21-18(24)19-13(3)22/h4-10H,1-3H3,(H,20,23)(H2,19,21,22,24). The molecule has 0 unspecified atom stereocenters. The zero-order chi connectivity index (χ0) is 17.7. The highest BCUT2D eigenvalue weighted by Gasteiger charge is 2.07. The van der Waals surface area contributed by atoms with Gasteiger partial charge in [0, 0.05) is 23.9 Å². The van der Waals surface area contributed by atoms with E-state index in [9.17, 15) is 9.59 Å². The van der Waals surface area contributed by atoms with Crippen LogP contribution in [0.1, 0.15) is 28.4 Å². The van der Waals surface area contributed by atoms with Gasteiger partial charge in [-0.15, -0.1) is 0 Å². The van der Waals surface area contributed by atoms with Crippen LogP contribution in [0.4, 0.5) is 11.4 Å². The van der Waals surface area contributed by atoms with Crippen molar-refractivity contribution in [1.82, 2.24) is 5.32 Å². The van der Waals surface area contributed by atoms with Crippen molar-refractivity contribution in [2.45, 2.75) is 20.8 Å². The second kappa shape index (κ2) is 7.70. The van der Waals surface area contributed by atoms with Crippen LogP contribution < -0.4 is 16.0 Å². The number of carbonyl (C=O) groups excluding carboxylic acids is 2. The summed E-state index contributed by atoms with van der Waals surface area (Å²) in [5.41, 5.74) is 4.24. The van der Waals surface area contributed by atoms with Crippen LogP contribution in [-0.2, 0) is 4.79 Å². The number of nitrogens with one attached hydrogen (secondary N) is 3. The molecule has 6 heteroatoms. The van der Waals surface area contributed by atoms with Crippen molar-refractivity contribution in [2.24, 2.45) is 0 Å². The lowest BCUT2D eigenvalue weighted by molar-refractivity contribution is -0.117. The molecule has 0 bridgehead atoms. The van der Waals surface area contributed by atoms with Gasteiger partial charge in [0.2, 0.25) is 5.91 Å². The van der Waals surface area contributed by atoms with Gasteiger partial charge in [0.05, 0.1) is 0 Å². The minimum Gasteiger partial charge on any atom is -0.332 e. The van der Waals surface area contributed by atoms with Crippen LogP contribution in [0.25, 0.3) is 0 Å². The van der Waals surface area contributed by atoms with Crippen molar-refractivity contribution in [2.75, 3.05) is 10.6 Å². The van der Waals surface area contributed by atoms with Crippen molar-refractivity contribution in [3.05, 3.63) is 59.2 Å². The molecule has 2 rings (SSSR count). The third-order valence-electron chi connectivity index (χ3n) is 3.46. The summed E-state index contributed by atoms with van der Waals surface area (Å²) in [7, 11) is 0. The molecular formula is C18H19N3O2S. The van der Waals surface area contributed by atoms with Gasteiger partial charge in [-0.2, -0.15) is 0 Å². The molecule has 0 aliphatic carbocycles. The lowest BCUT2D eigenvalue weighted by Crippen LogP contribution is -2.32. The van der Waals surface area contributed by atoms with Crippen LogP contribution in [-0.4, -0.2) is 16.9 Å². The highest BCUT2D eigenvalue weighted by molar-refractivity contribution is 7.80. The van der Waals surface area contributed by atoms with E-state index in [1.165, 1.54) is 6.92 Å². The molecule has 0 saturated carbocycles. The van der Waals surface area contributed by atoms with Crippen molar-refractivity contribution >= 4 is 40.5 Å². The average molecular weight is 341 g/mol. The number of rotatable bonds is 3. The number of carbonyl (C=O) groups is 2. The van der Waals surface area contributed by atoms with E-state index < -0.39 is 0 Å². The van der Waals surface area contributed by atoms with Crippen LogP contribution >= 0.6 is 12.2 Å². The smallest absolute Gasteiger partial charge is 0.255 e. The Kier molecular flexibility index (Phi) is 5.65. The SMILES string of the molecule is CC(=O)NC(=S)Nc1ccc(NC(=O)c2ccc(C)c(C)c2)cc1. The number of hydrogen-bond acceptors (Lipinski definition) is 3. The second-order valence-corrected chi connectivity index (χ2v) is 5.87. The molecule has 0 aliphatic heterocycles. The fraction of sp³-hybridized carbons (Fsp3) is 0.167. The highest BCUT2D eigenvalue weighted by Crippen LogP contribution is 2.16. The summed E-state index contributed by atoms with van der Waals surface area (Å²) in [6.07, 6.45) is 0.